The lowest BCUT2D eigenvalue weighted by Gasteiger charge is -2.27. The quantitative estimate of drug-likeness (QED) is 0.570. The number of benzene rings is 3. The average Bonchev–Trinajstić information content (AvgIpc) is 2.75. The minimum Gasteiger partial charge on any atom is -0.364 e. The molecule has 0 saturated carbocycles. The molecule has 0 radical (unpaired) electrons. The van der Waals surface area contributed by atoms with Gasteiger partial charge in [-0.3, -0.25) is 14.3 Å². The van der Waals surface area contributed by atoms with E-state index >= 15 is 0 Å². The Morgan fingerprint density at radius 1 is 0.968 bits per heavy atom. The zero-order valence-corrected chi connectivity index (χ0v) is 17.4. The van der Waals surface area contributed by atoms with Crippen molar-refractivity contribution in [1.82, 2.24) is 0 Å². The molecule has 0 bridgehead atoms. The summed E-state index contributed by atoms with van der Waals surface area (Å²) < 4.78 is 27.8. The normalized spacial score (nSPS) is 13.2. The summed E-state index contributed by atoms with van der Waals surface area (Å²) in [6, 6.07) is 19.5. The first-order chi connectivity index (χ1) is 14.8. The highest BCUT2D eigenvalue weighted by molar-refractivity contribution is 7.92. The van der Waals surface area contributed by atoms with Crippen LogP contribution in [0.2, 0.25) is 0 Å². The third-order valence-electron chi connectivity index (χ3n) is 4.80. The first-order valence-electron chi connectivity index (χ1n) is 9.47. The van der Waals surface area contributed by atoms with Crippen LogP contribution in [0, 0.1) is 0 Å². The largest absolute Gasteiger partial charge is 0.364 e. The van der Waals surface area contributed by atoms with E-state index in [4.69, 9.17) is 0 Å². The Kier molecular flexibility index (Phi) is 5.35. The molecule has 8 nitrogen and oxygen atoms in total. The van der Waals surface area contributed by atoms with Crippen molar-refractivity contribution in [2.24, 2.45) is 0 Å². The molecule has 1 aliphatic rings. The fourth-order valence-electron chi connectivity index (χ4n) is 3.28. The van der Waals surface area contributed by atoms with Crippen molar-refractivity contribution in [2.75, 3.05) is 33.8 Å². The Balaban J connectivity index is 1.58. The van der Waals surface area contributed by atoms with Crippen molar-refractivity contribution in [2.45, 2.75) is 4.90 Å². The molecule has 2 amide bonds. The Morgan fingerprint density at radius 3 is 2.39 bits per heavy atom. The lowest BCUT2D eigenvalue weighted by molar-refractivity contribution is -0.115. The van der Waals surface area contributed by atoms with Crippen LogP contribution in [0.1, 0.15) is 10.4 Å². The summed E-state index contributed by atoms with van der Waals surface area (Å²) in [6.45, 7) is 0.244. The fraction of sp³-hybridized carbons (Fsp3) is 0.0909. The van der Waals surface area contributed by atoms with Crippen molar-refractivity contribution < 1.29 is 18.0 Å². The van der Waals surface area contributed by atoms with Crippen LogP contribution < -0.4 is 20.3 Å². The third-order valence-corrected chi connectivity index (χ3v) is 6.18. The first-order valence-corrected chi connectivity index (χ1v) is 10.9. The van der Waals surface area contributed by atoms with Crippen molar-refractivity contribution in [3.05, 3.63) is 78.4 Å². The van der Waals surface area contributed by atoms with Crippen LogP contribution in [-0.2, 0) is 14.8 Å². The van der Waals surface area contributed by atoms with E-state index in [1.54, 1.807) is 72.6 Å². The molecule has 1 aliphatic heterocycles. The minimum atomic E-state index is -3.81. The number of hydrogen-bond donors (Lipinski definition) is 3. The van der Waals surface area contributed by atoms with Gasteiger partial charge >= 0.3 is 0 Å². The van der Waals surface area contributed by atoms with Crippen molar-refractivity contribution >= 4 is 44.6 Å². The lowest BCUT2D eigenvalue weighted by atomic mass is 10.1. The molecule has 0 aromatic heterocycles. The second-order valence-corrected chi connectivity index (χ2v) is 8.74. The predicted octanol–water partition coefficient (Wildman–Crippen LogP) is 3.13. The number of fused-ring (bicyclic) bond motifs is 1. The van der Waals surface area contributed by atoms with Crippen molar-refractivity contribution in [3.63, 3.8) is 0 Å². The minimum absolute atomic E-state index is 0.116. The zero-order valence-electron chi connectivity index (χ0n) is 16.6. The monoisotopic (exact) mass is 436 g/mol. The molecule has 3 aromatic rings. The highest BCUT2D eigenvalue weighted by Gasteiger charge is 2.21. The molecule has 3 aromatic carbocycles. The van der Waals surface area contributed by atoms with Gasteiger partial charge in [-0.05, 0) is 42.5 Å². The fourth-order valence-corrected chi connectivity index (χ4v) is 4.38. The van der Waals surface area contributed by atoms with E-state index in [0.717, 1.165) is 5.69 Å². The number of carbonyl (C=O) groups is 2. The smallest absolute Gasteiger partial charge is 0.261 e. The number of sulfonamides is 1. The lowest BCUT2D eigenvalue weighted by Crippen LogP contribution is -2.35. The molecule has 0 saturated heterocycles. The van der Waals surface area contributed by atoms with Crippen molar-refractivity contribution in [3.8, 4) is 0 Å². The van der Waals surface area contributed by atoms with Gasteiger partial charge in [0.1, 0.15) is 0 Å². The number of anilines is 4. The van der Waals surface area contributed by atoms with Crippen LogP contribution in [-0.4, -0.2) is 33.8 Å². The number of amides is 2. The van der Waals surface area contributed by atoms with Gasteiger partial charge in [-0.25, -0.2) is 8.42 Å². The molecule has 0 spiro atoms. The summed E-state index contributed by atoms with van der Waals surface area (Å²) in [5, 5.41) is 5.50. The second-order valence-electron chi connectivity index (χ2n) is 7.05. The van der Waals surface area contributed by atoms with Crippen molar-refractivity contribution in [1.29, 1.82) is 0 Å². The summed E-state index contributed by atoms with van der Waals surface area (Å²) in [4.78, 5) is 26.5. The van der Waals surface area contributed by atoms with Gasteiger partial charge in [-0.1, -0.05) is 30.3 Å². The summed E-state index contributed by atoms with van der Waals surface area (Å²) in [6.07, 6.45) is 0. The van der Waals surface area contributed by atoms with E-state index in [9.17, 15) is 18.0 Å². The Labute approximate surface area is 179 Å². The standard InChI is InChI=1S/C22H20N4O4S/c1-26-14-21(27)23-19-13-15(11-12-20(19)26)22(28)24-17-9-5-6-10-18(17)25-31(29,30)16-7-3-2-4-8-16/h2-13,25H,14H2,1H3,(H,23,27)(H,24,28). The van der Waals surface area contributed by atoms with Gasteiger partial charge in [0.05, 0.1) is 34.2 Å². The maximum Gasteiger partial charge on any atom is 0.261 e. The molecule has 0 atom stereocenters. The van der Waals surface area contributed by atoms with E-state index in [1.807, 2.05) is 0 Å². The van der Waals surface area contributed by atoms with E-state index in [0.29, 0.717) is 16.9 Å². The van der Waals surface area contributed by atoms with Gasteiger partial charge in [0.2, 0.25) is 5.91 Å². The highest BCUT2D eigenvalue weighted by atomic mass is 32.2. The van der Waals surface area contributed by atoms with Crippen LogP contribution in [0.3, 0.4) is 0 Å². The molecule has 0 aliphatic carbocycles. The summed E-state index contributed by atoms with van der Waals surface area (Å²) >= 11 is 0. The van der Waals surface area contributed by atoms with E-state index in [-0.39, 0.29) is 23.0 Å². The second kappa shape index (κ2) is 8.11. The average molecular weight is 436 g/mol. The number of likely N-dealkylation sites (N-methyl/N-ethyl adjacent to an activating group) is 1. The number of hydrogen-bond acceptors (Lipinski definition) is 5. The predicted molar refractivity (Wildman–Crippen MR) is 120 cm³/mol. The maximum atomic E-state index is 12.8. The Bertz CT molecular complexity index is 1260. The number of para-hydroxylation sites is 2. The first kappa shape index (κ1) is 20.4. The number of carbonyl (C=O) groups excluding carboxylic acids is 2. The topological polar surface area (TPSA) is 108 Å². The van der Waals surface area contributed by atoms with E-state index in [2.05, 4.69) is 15.4 Å². The SMILES string of the molecule is CN1CC(=O)Nc2cc(C(=O)Nc3ccccc3NS(=O)(=O)c3ccccc3)ccc21. The van der Waals surface area contributed by atoms with Crippen LogP contribution in [0.15, 0.2) is 77.7 Å². The molecule has 4 rings (SSSR count). The summed E-state index contributed by atoms with van der Waals surface area (Å²) in [5.74, 6) is -0.593. The van der Waals surface area contributed by atoms with Crippen LogP contribution in [0.25, 0.3) is 0 Å². The summed E-state index contributed by atoms with van der Waals surface area (Å²) in [5.41, 5.74) is 2.24. The molecular formula is C22H20N4O4S. The van der Waals surface area contributed by atoms with Gasteiger partial charge in [0.15, 0.2) is 0 Å². The van der Waals surface area contributed by atoms with E-state index < -0.39 is 15.9 Å². The van der Waals surface area contributed by atoms with Gasteiger partial charge in [0.25, 0.3) is 15.9 Å². The number of nitrogens with one attached hydrogen (secondary N) is 3. The molecule has 9 heteroatoms. The van der Waals surface area contributed by atoms with Gasteiger partial charge < -0.3 is 15.5 Å². The van der Waals surface area contributed by atoms with Crippen LogP contribution in [0.4, 0.5) is 22.7 Å². The third kappa shape index (κ3) is 4.36. The summed E-state index contributed by atoms with van der Waals surface area (Å²) in [7, 11) is -2.02. The van der Waals surface area contributed by atoms with Crippen LogP contribution >= 0.6 is 0 Å². The van der Waals surface area contributed by atoms with Gasteiger partial charge in [-0.2, -0.15) is 0 Å². The molecule has 3 N–H and O–H groups in total. The molecule has 0 unspecified atom stereocenters. The maximum absolute atomic E-state index is 12.8. The Morgan fingerprint density at radius 2 is 1.65 bits per heavy atom. The highest BCUT2D eigenvalue weighted by Crippen LogP contribution is 2.30. The number of nitrogens with zero attached hydrogens (tertiary/aromatic N) is 1. The zero-order chi connectivity index (χ0) is 22.0. The Hall–Kier alpha value is -3.85. The molecule has 0 fully saturated rings. The molecule has 158 valence electrons. The number of rotatable bonds is 5. The molecule has 31 heavy (non-hydrogen) atoms. The van der Waals surface area contributed by atoms with E-state index in [1.165, 1.54) is 12.1 Å². The molecular weight excluding hydrogens is 416 g/mol. The van der Waals surface area contributed by atoms with Gasteiger partial charge in [-0.15, -0.1) is 0 Å². The van der Waals surface area contributed by atoms with Gasteiger partial charge in [0, 0.05) is 12.6 Å². The van der Waals surface area contributed by atoms with Crippen LogP contribution in [0.5, 0.6) is 0 Å². The molecule has 1 heterocycles.